The molecule has 0 aliphatic heterocycles. The maximum atomic E-state index is 11.2. The van der Waals surface area contributed by atoms with Gasteiger partial charge in [-0.2, -0.15) is 0 Å². The molecule has 0 bridgehead atoms. The standard InChI is InChI=1S/C9H18N2O2/c1-9(2)4-3-6(7(12)5-9)8(13)11-10/h6-7,12H,3-5,10H2,1-2H3,(H,11,13)/t6-,7-/m0/s1. The van der Waals surface area contributed by atoms with Crippen LogP contribution in [-0.4, -0.2) is 17.1 Å². The first-order valence-corrected chi connectivity index (χ1v) is 4.65. The van der Waals surface area contributed by atoms with Crippen LogP contribution in [0.4, 0.5) is 0 Å². The zero-order valence-electron chi connectivity index (χ0n) is 8.21. The molecule has 2 atom stereocenters. The van der Waals surface area contributed by atoms with Crippen LogP contribution < -0.4 is 11.3 Å². The molecule has 76 valence electrons. The second-order valence-corrected chi connectivity index (χ2v) is 4.59. The first-order chi connectivity index (χ1) is 5.96. The van der Waals surface area contributed by atoms with Gasteiger partial charge in [0.25, 0.3) is 0 Å². The van der Waals surface area contributed by atoms with Crippen molar-refractivity contribution in [3.8, 4) is 0 Å². The Morgan fingerprint density at radius 3 is 2.69 bits per heavy atom. The third-order valence-corrected chi connectivity index (χ3v) is 2.84. The average molecular weight is 186 g/mol. The molecule has 1 fully saturated rings. The number of nitrogens with two attached hydrogens (primary N) is 1. The van der Waals surface area contributed by atoms with Crippen molar-refractivity contribution < 1.29 is 9.90 Å². The SMILES string of the molecule is CC1(C)CC[C@H](C(=O)NN)[C@@H](O)C1. The minimum atomic E-state index is -0.549. The summed E-state index contributed by atoms with van der Waals surface area (Å²) in [6.45, 7) is 4.21. The van der Waals surface area contributed by atoms with Gasteiger partial charge < -0.3 is 5.11 Å². The minimum Gasteiger partial charge on any atom is -0.392 e. The van der Waals surface area contributed by atoms with Gasteiger partial charge in [-0.25, -0.2) is 5.84 Å². The average Bonchev–Trinajstić information content (AvgIpc) is 2.01. The number of aliphatic hydroxyl groups excluding tert-OH is 1. The van der Waals surface area contributed by atoms with Crippen LogP contribution in [-0.2, 0) is 4.79 Å². The zero-order chi connectivity index (χ0) is 10.1. The van der Waals surface area contributed by atoms with Crippen molar-refractivity contribution >= 4 is 5.91 Å². The van der Waals surface area contributed by atoms with Gasteiger partial charge in [-0.1, -0.05) is 13.8 Å². The van der Waals surface area contributed by atoms with Crippen LogP contribution >= 0.6 is 0 Å². The zero-order valence-corrected chi connectivity index (χ0v) is 8.21. The van der Waals surface area contributed by atoms with Crippen LogP contribution in [0.15, 0.2) is 0 Å². The number of nitrogens with one attached hydrogen (secondary N) is 1. The number of amides is 1. The van der Waals surface area contributed by atoms with Crippen molar-refractivity contribution in [2.75, 3.05) is 0 Å². The van der Waals surface area contributed by atoms with Gasteiger partial charge in [0.05, 0.1) is 12.0 Å². The fraction of sp³-hybridized carbons (Fsp3) is 0.889. The summed E-state index contributed by atoms with van der Waals surface area (Å²) >= 11 is 0. The van der Waals surface area contributed by atoms with E-state index in [0.29, 0.717) is 6.42 Å². The molecule has 13 heavy (non-hydrogen) atoms. The Labute approximate surface area is 78.5 Å². The summed E-state index contributed by atoms with van der Waals surface area (Å²) in [5.41, 5.74) is 2.24. The van der Waals surface area contributed by atoms with Crippen molar-refractivity contribution in [1.82, 2.24) is 5.43 Å². The molecule has 4 heteroatoms. The van der Waals surface area contributed by atoms with E-state index in [0.717, 1.165) is 12.8 Å². The van der Waals surface area contributed by atoms with Crippen LogP contribution in [0.2, 0.25) is 0 Å². The number of carbonyl (C=O) groups excluding carboxylic acids is 1. The molecule has 4 N–H and O–H groups in total. The molecular weight excluding hydrogens is 168 g/mol. The van der Waals surface area contributed by atoms with Crippen LogP contribution in [0.5, 0.6) is 0 Å². The van der Waals surface area contributed by atoms with E-state index in [4.69, 9.17) is 5.84 Å². The highest BCUT2D eigenvalue weighted by atomic mass is 16.3. The largest absolute Gasteiger partial charge is 0.392 e. The van der Waals surface area contributed by atoms with Gasteiger partial charge in [-0.05, 0) is 24.7 Å². The molecule has 0 aromatic carbocycles. The Kier molecular flexibility index (Phi) is 2.93. The molecule has 1 aliphatic carbocycles. The first-order valence-electron chi connectivity index (χ1n) is 4.65. The topological polar surface area (TPSA) is 75.4 Å². The monoisotopic (exact) mass is 186 g/mol. The van der Waals surface area contributed by atoms with Crippen LogP contribution in [0.3, 0.4) is 0 Å². The highest BCUT2D eigenvalue weighted by molar-refractivity contribution is 5.78. The first kappa shape index (κ1) is 10.5. The van der Waals surface area contributed by atoms with Gasteiger partial charge in [-0.3, -0.25) is 10.2 Å². The van der Waals surface area contributed by atoms with Crippen molar-refractivity contribution in [2.45, 2.75) is 39.2 Å². The summed E-state index contributed by atoms with van der Waals surface area (Å²) in [5.74, 6) is 4.45. The van der Waals surface area contributed by atoms with Crippen molar-refractivity contribution in [3.63, 3.8) is 0 Å². The van der Waals surface area contributed by atoms with Gasteiger partial charge in [-0.15, -0.1) is 0 Å². The summed E-state index contributed by atoms with van der Waals surface area (Å²) < 4.78 is 0. The summed E-state index contributed by atoms with van der Waals surface area (Å²) in [5, 5.41) is 9.69. The molecule has 4 nitrogen and oxygen atoms in total. The number of aliphatic hydroxyl groups is 1. The van der Waals surface area contributed by atoms with Crippen LogP contribution in [0, 0.1) is 11.3 Å². The molecule has 0 radical (unpaired) electrons. The van der Waals surface area contributed by atoms with E-state index in [1.54, 1.807) is 0 Å². The summed E-state index contributed by atoms with van der Waals surface area (Å²) in [6, 6.07) is 0. The Morgan fingerprint density at radius 1 is 1.62 bits per heavy atom. The molecule has 0 heterocycles. The lowest BCUT2D eigenvalue weighted by Gasteiger charge is -2.37. The summed E-state index contributed by atoms with van der Waals surface area (Å²) in [6.07, 6.45) is 1.80. The number of hydrogen-bond donors (Lipinski definition) is 3. The number of hydrogen-bond acceptors (Lipinski definition) is 3. The predicted octanol–water partition coefficient (Wildman–Crippen LogP) is 0.163. The van der Waals surface area contributed by atoms with E-state index in [1.807, 2.05) is 0 Å². The molecule has 1 rings (SSSR count). The molecule has 0 saturated heterocycles. The van der Waals surface area contributed by atoms with Crippen LogP contribution in [0.25, 0.3) is 0 Å². The Morgan fingerprint density at radius 2 is 2.23 bits per heavy atom. The predicted molar refractivity (Wildman–Crippen MR) is 49.5 cm³/mol. The summed E-state index contributed by atoms with van der Waals surface area (Å²) in [4.78, 5) is 11.2. The van der Waals surface area contributed by atoms with E-state index in [-0.39, 0.29) is 17.2 Å². The fourth-order valence-corrected chi connectivity index (χ4v) is 1.96. The van der Waals surface area contributed by atoms with Crippen molar-refractivity contribution in [1.29, 1.82) is 0 Å². The van der Waals surface area contributed by atoms with Crippen molar-refractivity contribution in [3.05, 3.63) is 0 Å². The van der Waals surface area contributed by atoms with Gasteiger partial charge in [0.2, 0.25) is 5.91 Å². The Bertz CT molecular complexity index is 204. The molecule has 0 aromatic heterocycles. The number of rotatable bonds is 1. The van der Waals surface area contributed by atoms with E-state index in [9.17, 15) is 9.90 Å². The smallest absolute Gasteiger partial charge is 0.239 e. The van der Waals surface area contributed by atoms with E-state index < -0.39 is 6.10 Å². The quantitative estimate of drug-likeness (QED) is 0.310. The number of carbonyl (C=O) groups is 1. The van der Waals surface area contributed by atoms with E-state index in [1.165, 1.54) is 0 Å². The molecule has 0 unspecified atom stereocenters. The Balaban J connectivity index is 2.58. The highest BCUT2D eigenvalue weighted by Crippen LogP contribution is 2.38. The fourth-order valence-electron chi connectivity index (χ4n) is 1.96. The highest BCUT2D eigenvalue weighted by Gasteiger charge is 2.37. The van der Waals surface area contributed by atoms with Gasteiger partial charge in [0, 0.05) is 0 Å². The molecule has 1 amide bonds. The van der Waals surface area contributed by atoms with Crippen molar-refractivity contribution in [2.24, 2.45) is 17.2 Å². The van der Waals surface area contributed by atoms with Gasteiger partial charge in [0.15, 0.2) is 0 Å². The normalized spacial score (nSPS) is 32.6. The lowest BCUT2D eigenvalue weighted by Crippen LogP contribution is -2.45. The van der Waals surface area contributed by atoms with Gasteiger partial charge in [0.1, 0.15) is 0 Å². The third kappa shape index (κ3) is 2.42. The molecule has 1 saturated carbocycles. The van der Waals surface area contributed by atoms with Crippen LogP contribution in [0.1, 0.15) is 33.1 Å². The third-order valence-electron chi connectivity index (χ3n) is 2.84. The lowest BCUT2D eigenvalue weighted by molar-refractivity contribution is -0.132. The van der Waals surface area contributed by atoms with E-state index in [2.05, 4.69) is 19.3 Å². The van der Waals surface area contributed by atoms with E-state index >= 15 is 0 Å². The molecule has 0 aromatic rings. The minimum absolute atomic E-state index is 0.144. The second kappa shape index (κ2) is 3.64. The Hall–Kier alpha value is -0.610. The summed E-state index contributed by atoms with van der Waals surface area (Å²) in [7, 11) is 0. The maximum Gasteiger partial charge on any atom is 0.239 e. The number of hydrazine groups is 1. The molecule has 1 aliphatic rings. The second-order valence-electron chi connectivity index (χ2n) is 4.59. The molecular formula is C9H18N2O2. The van der Waals surface area contributed by atoms with Gasteiger partial charge >= 0.3 is 0 Å². The maximum absolute atomic E-state index is 11.2. The molecule has 0 spiro atoms. The lowest BCUT2D eigenvalue weighted by atomic mass is 9.71.